The molecule has 3 rings (SSSR count). The maximum Gasteiger partial charge on any atom is 0.296 e. The molecule has 3 aromatic rings. The van der Waals surface area contributed by atoms with Gasteiger partial charge in [0.2, 0.25) is 5.91 Å². The zero-order valence-electron chi connectivity index (χ0n) is 13.9. The summed E-state index contributed by atoms with van der Waals surface area (Å²) in [6.45, 7) is 4.06. The van der Waals surface area contributed by atoms with Crippen LogP contribution in [-0.4, -0.2) is 20.8 Å². The van der Waals surface area contributed by atoms with E-state index in [1.54, 1.807) is 26.0 Å². The van der Waals surface area contributed by atoms with Gasteiger partial charge in [-0.1, -0.05) is 28.9 Å². The van der Waals surface area contributed by atoms with Crippen molar-refractivity contribution in [3.05, 3.63) is 56.7 Å². The molecule has 0 saturated carbocycles. The molecular formula is C17H17ClN4O3. The highest BCUT2D eigenvalue weighted by atomic mass is 35.5. The number of nitrogens with one attached hydrogen (secondary N) is 1. The van der Waals surface area contributed by atoms with Gasteiger partial charge in [-0.15, -0.1) is 0 Å². The molecule has 0 radical (unpaired) electrons. The van der Waals surface area contributed by atoms with Crippen molar-refractivity contribution < 1.29 is 9.32 Å². The first kappa shape index (κ1) is 17.2. The topological polar surface area (TPSA) is 90.0 Å². The molecule has 1 aromatic carbocycles. The lowest BCUT2D eigenvalue weighted by atomic mass is 10.2. The Bertz CT molecular complexity index is 993. The van der Waals surface area contributed by atoms with Gasteiger partial charge < -0.3 is 9.84 Å². The van der Waals surface area contributed by atoms with E-state index in [9.17, 15) is 9.59 Å². The summed E-state index contributed by atoms with van der Waals surface area (Å²) in [5.74, 6) is 0.381. The lowest BCUT2D eigenvalue weighted by molar-refractivity contribution is -0.121. The predicted molar refractivity (Wildman–Crippen MR) is 93.5 cm³/mol. The van der Waals surface area contributed by atoms with Gasteiger partial charge in [0.1, 0.15) is 5.76 Å². The molecule has 2 aromatic heterocycles. The molecule has 130 valence electrons. The van der Waals surface area contributed by atoms with E-state index < -0.39 is 0 Å². The van der Waals surface area contributed by atoms with Crippen LogP contribution in [0.3, 0.4) is 0 Å². The van der Waals surface area contributed by atoms with Crippen molar-refractivity contribution in [1.82, 2.24) is 20.3 Å². The Morgan fingerprint density at radius 2 is 2.16 bits per heavy atom. The first-order valence-electron chi connectivity index (χ1n) is 7.80. The van der Waals surface area contributed by atoms with Crippen LogP contribution in [0, 0.1) is 13.8 Å². The van der Waals surface area contributed by atoms with Crippen LogP contribution in [-0.2, 0) is 17.9 Å². The third-order valence-electron chi connectivity index (χ3n) is 3.86. The summed E-state index contributed by atoms with van der Waals surface area (Å²) in [6, 6.07) is 7.26. The Morgan fingerprint density at radius 3 is 2.92 bits per heavy atom. The van der Waals surface area contributed by atoms with Gasteiger partial charge in [0.05, 0.1) is 17.6 Å². The van der Waals surface area contributed by atoms with Gasteiger partial charge in [0, 0.05) is 18.0 Å². The number of hydrogen-bond donors (Lipinski definition) is 1. The summed E-state index contributed by atoms with van der Waals surface area (Å²) in [5, 5.41) is 12.1. The molecule has 0 spiro atoms. The van der Waals surface area contributed by atoms with Gasteiger partial charge in [-0.05, 0) is 31.5 Å². The van der Waals surface area contributed by atoms with Crippen molar-refractivity contribution in [2.75, 3.05) is 0 Å². The van der Waals surface area contributed by atoms with E-state index in [4.69, 9.17) is 16.1 Å². The van der Waals surface area contributed by atoms with E-state index in [1.807, 2.05) is 12.1 Å². The number of aromatic nitrogens is 3. The molecule has 1 amide bonds. The summed E-state index contributed by atoms with van der Waals surface area (Å²) in [4.78, 5) is 24.4. The fraction of sp³-hybridized carbons (Fsp3) is 0.294. The van der Waals surface area contributed by atoms with Gasteiger partial charge >= 0.3 is 0 Å². The SMILES string of the molecule is Cc1nn(CCC(=O)NCc2cccc(Cl)c2)c(=O)c2noc(C)c12. The van der Waals surface area contributed by atoms with Crippen molar-refractivity contribution in [3.8, 4) is 0 Å². The van der Waals surface area contributed by atoms with Gasteiger partial charge in [-0.3, -0.25) is 9.59 Å². The number of aryl methyl sites for hydroxylation is 3. The lowest BCUT2D eigenvalue weighted by Crippen LogP contribution is -2.29. The van der Waals surface area contributed by atoms with Gasteiger partial charge in [0.25, 0.3) is 5.56 Å². The smallest absolute Gasteiger partial charge is 0.296 e. The summed E-state index contributed by atoms with van der Waals surface area (Å²) >= 11 is 5.91. The molecule has 0 aliphatic rings. The minimum Gasteiger partial charge on any atom is -0.360 e. The highest BCUT2D eigenvalue weighted by molar-refractivity contribution is 6.30. The largest absolute Gasteiger partial charge is 0.360 e. The standard InChI is InChI=1S/C17H17ClN4O3/c1-10-15-11(2)25-21-16(15)17(24)22(20-10)7-6-14(23)19-9-12-4-3-5-13(18)8-12/h3-5,8H,6-7,9H2,1-2H3,(H,19,23). The summed E-state index contributed by atoms with van der Waals surface area (Å²) in [5.41, 5.74) is 1.43. The van der Waals surface area contributed by atoms with Crippen LogP contribution < -0.4 is 10.9 Å². The third kappa shape index (κ3) is 3.71. The highest BCUT2D eigenvalue weighted by Gasteiger charge is 2.15. The molecule has 1 N–H and O–H groups in total. The second-order valence-electron chi connectivity index (χ2n) is 5.73. The molecule has 2 heterocycles. The molecule has 0 fully saturated rings. The molecule has 25 heavy (non-hydrogen) atoms. The van der Waals surface area contributed by atoms with E-state index in [-0.39, 0.29) is 29.9 Å². The van der Waals surface area contributed by atoms with Crippen LogP contribution in [0.1, 0.15) is 23.4 Å². The summed E-state index contributed by atoms with van der Waals surface area (Å²) in [7, 11) is 0. The fourth-order valence-electron chi connectivity index (χ4n) is 2.64. The van der Waals surface area contributed by atoms with E-state index in [0.717, 1.165) is 5.56 Å². The molecular weight excluding hydrogens is 344 g/mol. The van der Waals surface area contributed by atoms with Crippen LogP contribution in [0.5, 0.6) is 0 Å². The Labute approximate surface area is 148 Å². The van der Waals surface area contributed by atoms with Gasteiger partial charge in [0.15, 0.2) is 5.52 Å². The minimum atomic E-state index is -0.361. The van der Waals surface area contributed by atoms with Crippen molar-refractivity contribution in [1.29, 1.82) is 0 Å². The quantitative estimate of drug-likeness (QED) is 0.754. The van der Waals surface area contributed by atoms with E-state index in [1.165, 1.54) is 4.68 Å². The second kappa shape index (κ2) is 7.06. The van der Waals surface area contributed by atoms with Crippen molar-refractivity contribution in [3.63, 3.8) is 0 Å². The van der Waals surface area contributed by atoms with Crippen LogP contribution in [0.4, 0.5) is 0 Å². The van der Waals surface area contributed by atoms with Gasteiger partial charge in [-0.2, -0.15) is 5.10 Å². The van der Waals surface area contributed by atoms with Crippen molar-refractivity contribution in [2.45, 2.75) is 33.4 Å². The zero-order chi connectivity index (χ0) is 18.0. The number of halogens is 1. The first-order valence-corrected chi connectivity index (χ1v) is 8.18. The average molecular weight is 361 g/mol. The molecule has 7 nitrogen and oxygen atoms in total. The number of carbonyl (C=O) groups is 1. The van der Waals surface area contributed by atoms with Crippen molar-refractivity contribution in [2.24, 2.45) is 0 Å². The Morgan fingerprint density at radius 1 is 1.36 bits per heavy atom. The maximum absolute atomic E-state index is 12.4. The number of rotatable bonds is 5. The monoisotopic (exact) mass is 360 g/mol. The predicted octanol–water partition coefficient (Wildman–Crippen LogP) is 2.36. The molecule has 0 bridgehead atoms. The Hall–Kier alpha value is -2.67. The normalized spacial score (nSPS) is 11.0. The summed E-state index contributed by atoms with van der Waals surface area (Å²) in [6.07, 6.45) is 0.134. The second-order valence-corrected chi connectivity index (χ2v) is 6.17. The molecule has 0 unspecified atom stereocenters. The molecule has 0 atom stereocenters. The number of benzene rings is 1. The first-order chi connectivity index (χ1) is 12.0. The Balaban J connectivity index is 1.65. The van der Waals surface area contributed by atoms with Crippen LogP contribution in [0.15, 0.2) is 33.6 Å². The molecule has 0 aliphatic heterocycles. The molecule has 8 heteroatoms. The number of carbonyl (C=O) groups excluding carboxylic acids is 1. The fourth-order valence-corrected chi connectivity index (χ4v) is 2.85. The van der Waals surface area contributed by atoms with Crippen molar-refractivity contribution >= 4 is 28.4 Å². The van der Waals surface area contributed by atoms with E-state index >= 15 is 0 Å². The minimum absolute atomic E-state index is 0.134. The van der Waals surface area contributed by atoms with Crippen LogP contribution >= 0.6 is 11.6 Å². The van der Waals surface area contributed by atoms with Crippen LogP contribution in [0.25, 0.3) is 10.9 Å². The van der Waals surface area contributed by atoms with E-state index in [0.29, 0.717) is 28.4 Å². The Kier molecular flexibility index (Phi) is 4.85. The average Bonchev–Trinajstić information content (AvgIpc) is 2.97. The third-order valence-corrected chi connectivity index (χ3v) is 4.10. The zero-order valence-corrected chi connectivity index (χ0v) is 14.6. The number of nitrogens with zero attached hydrogens (tertiary/aromatic N) is 3. The maximum atomic E-state index is 12.4. The molecule has 0 saturated heterocycles. The highest BCUT2D eigenvalue weighted by Crippen LogP contribution is 2.16. The van der Waals surface area contributed by atoms with Crippen LogP contribution in [0.2, 0.25) is 5.02 Å². The number of hydrogen-bond acceptors (Lipinski definition) is 5. The summed E-state index contributed by atoms with van der Waals surface area (Å²) < 4.78 is 6.31. The lowest BCUT2D eigenvalue weighted by Gasteiger charge is -2.08. The van der Waals surface area contributed by atoms with E-state index in [2.05, 4.69) is 15.6 Å². The number of fused-ring (bicyclic) bond motifs is 1. The molecule has 0 aliphatic carbocycles. The number of amides is 1. The van der Waals surface area contributed by atoms with Gasteiger partial charge in [-0.25, -0.2) is 4.68 Å².